The molecule has 0 aliphatic heterocycles. The van der Waals surface area contributed by atoms with Crippen molar-refractivity contribution in [1.82, 2.24) is 0 Å². The summed E-state index contributed by atoms with van der Waals surface area (Å²) in [5.41, 5.74) is 1.73. The fourth-order valence-electron chi connectivity index (χ4n) is 3.10. The van der Waals surface area contributed by atoms with E-state index in [-0.39, 0.29) is 5.75 Å². The molecule has 0 saturated carbocycles. The summed E-state index contributed by atoms with van der Waals surface area (Å²) < 4.78 is 5.57. The first kappa shape index (κ1) is 14.3. The third kappa shape index (κ3) is 2.32. The Labute approximate surface area is 148 Å². The Morgan fingerprint density at radius 3 is 1.87 bits per heavy atom. The lowest BCUT2D eigenvalue weighted by Gasteiger charge is -2.15. The smallest absolute Gasteiger partial charge is 0.192 e. The van der Waals surface area contributed by atoms with Crippen molar-refractivity contribution in [2.24, 2.45) is 0 Å². The number of fused-ring (bicyclic) bond motifs is 2. The van der Waals surface area contributed by atoms with Crippen LogP contribution in [-0.4, -0.2) is 5.11 Å². The summed E-state index contributed by atoms with van der Waals surface area (Å²) in [6, 6.07) is 23.9. The van der Waals surface area contributed by atoms with Crippen molar-refractivity contribution in [3.05, 3.63) is 72.8 Å². The molecule has 4 aromatic carbocycles. The maximum absolute atomic E-state index is 10.6. The van der Waals surface area contributed by atoms with Crippen LogP contribution in [0, 0.1) is 0 Å². The van der Waals surface area contributed by atoms with Crippen molar-refractivity contribution in [3.63, 3.8) is 0 Å². The zero-order chi connectivity index (χ0) is 15.8. The van der Waals surface area contributed by atoms with Crippen molar-refractivity contribution in [2.45, 2.75) is 0 Å². The van der Waals surface area contributed by atoms with E-state index >= 15 is 0 Å². The van der Waals surface area contributed by atoms with Gasteiger partial charge in [0, 0.05) is 11.1 Å². The monoisotopic (exact) mass is 412 g/mol. The molecule has 0 aliphatic rings. The van der Waals surface area contributed by atoms with Gasteiger partial charge in [-0.3, -0.25) is 0 Å². The number of hydrogen-bond donors (Lipinski definition) is 1. The van der Waals surface area contributed by atoms with Gasteiger partial charge in [-0.2, -0.15) is 0 Å². The number of hydrogen-bond acceptors (Lipinski definition) is 2. The quantitative estimate of drug-likeness (QED) is 0.404. The second-order valence-corrected chi connectivity index (χ2v) is 5.86. The van der Waals surface area contributed by atoms with E-state index < -0.39 is 0 Å². The van der Waals surface area contributed by atoms with Crippen molar-refractivity contribution < 1.29 is 8.17 Å². The number of benzene rings is 4. The highest BCUT2D eigenvalue weighted by Crippen LogP contribution is 2.45. The molecule has 112 valence electrons. The van der Waals surface area contributed by atoms with Gasteiger partial charge in [-0.15, -0.1) is 0 Å². The maximum Gasteiger partial charge on any atom is 0.192 e. The molecule has 0 radical (unpaired) electrons. The standard InChI is InChI=1S/C20H13IO2/c21-23-18-12-10-14-6-2-4-8-16(14)20(18)19-15-7-3-1-5-13(15)9-11-17(19)22/h1-12,22H. The van der Waals surface area contributed by atoms with Gasteiger partial charge >= 0.3 is 0 Å². The molecule has 0 fully saturated rings. The van der Waals surface area contributed by atoms with E-state index in [1.54, 1.807) is 6.07 Å². The van der Waals surface area contributed by atoms with Crippen molar-refractivity contribution in [3.8, 4) is 22.6 Å². The van der Waals surface area contributed by atoms with Crippen LogP contribution in [0.15, 0.2) is 72.8 Å². The molecule has 23 heavy (non-hydrogen) atoms. The highest BCUT2D eigenvalue weighted by Gasteiger charge is 2.17. The summed E-state index contributed by atoms with van der Waals surface area (Å²) in [6.07, 6.45) is 0. The predicted molar refractivity (Wildman–Crippen MR) is 103 cm³/mol. The Morgan fingerprint density at radius 1 is 0.652 bits per heavy atom. The first-order chi connectivity index (χ1) is 11.3. The van der Waals surface area contributed by atoms with E-state index in [1.165, 1.54) is 0 Å². The van der Waals surface area contributed by atoms with E-state index in [1.807, 2.05) is 77.6 Å². The molecule has 0 amide bonds. The zero-order valence-corrected chi connectivity index (χ0v) is 14.3. The highest BCUT2D eigenvalue weighted by molar-refractivity contribution is 14.1. The summed E-state index contributed by atoms with van der Waals surface area (Å²) >= 11 is 1.89. The SMILES string of the molecule is Oc1ccc2ccccc2c1-c1c(OI)ccc2ccccc12. The van der Waals surface area contributed by atoms with Crippen LogP contribution in [-0.2, 0) is 0 Å². The van der Waals surface area contributed by atoms with Crippen molar-refractivity contribution in [2.75, 3.05) is 0 Å². The number of halogens is 1. The summed E-state index contributed by atoms with van der Waals surface area (Å²) in [5, 5.41) is 14.9. The molecule has 0 saturated heterocycles. The first-order valence-corrected chi connectivity index (χ1v) is 8.19. The van der Waals surface area contributed by atoms with Crippen LogP contribution in [0.3, 0.4) is 0 Å². The Hall–Kier alpha value is -2.27. The molecule has 4 rings (SSSR count). The van der Waals surface area contributed by atoms with Gasteiger partial charge in [-0.25, -0.2) is 0 Å². The third-order valence-electron chi connectivity index (χ3n) is 4.13. The van der Waals surface area contributed by atoms with Crippen LogP contribution in [0.1, 0.15) is 0 Å². The van der Waals surface area contributed by atoms with E-state index in [0.29, 0.717) is 0 Å². The molecule has 0 heterocycles. The third-order valence-corrected chi connectivity index (χ3v) is 4.61. The van der Waals surface area contributed by atoms with Gasteiger partial charge in [-0.1, -0.05) is 60.7 Å². The Bertz CT molecular complexity index is 1020. The molecule has 4 aromatic rings. The van der Waals surface area contributed by atoms with Crippen LogP contribution >= 0.6 is 23.0 Å². The number of phenols is 1. The van der Waals surface area contributed by atoms with Gasteiger partial charge in [-0.05, 0) is 33.7 Å². The second kappa shape index (κ2) is 5.74. The van der Waals surface area contributed by atoms with Crippen LogP contribution in [0.5, 0.6) is 11.5 Å². The summed E-state index contributed by atoms with van der Waals surface area (Å²) in [6.45, 7) is 0. The molecule has 0 aliphatic carbocycles. The molecular weight excluding hydrogens is 399 g/mol. The van der Waals surface area contributed by atoms with Gasteiger partial charge < -0.3 is 8.17 Å². The van der Waals surface area contributed by atoms with Crippen LogP contribution in [0.2, 0.25) is 0 Å². The van der Waals surface area contributed by atoms with Gasteiger partial charge in [0.15, 0.2) is 23.0 Å². The van der Waals surface area contributed by atoms with E-state index in [0.717, 1.165) is 38.4 Å². The zero-order valence-electron chi connectivity index (χ0n) is 12.2. The predicted octanol–water partition coefficient (Wildman–Crippen LogP) is 6.09. The minimum atomic E-state index is 0.259. The summed E-state index contributed by atoms with van der Waals surface area (Å²) in [7, 11) is 0. The Kier molecular flexibility index (Phi) is 3.58. The topological polar surface area (TPSA) is 29.5 Å². The molecule has 0 bridgehead atoms. The average Bonchev–Trinajstić information content (AvgIpc) is 2.61. The van der Waals surface area contributed by atoms with E-state index in [4.69, 9.17) is 3.07 Å². The fourth-order valence-corrected chi connectivity index (χ4v) is 3.46. The Balaban J connectivity index is 2.21. The maximum atomic E-state index is 10.6. The van der Waals surface area contributed by atoms with Gasteiger partial charge in [0.05, 0.1) is 0 Å². The van der Waals surface area contributed by atoms with Crippen molar-refractivity contribution in [1.29, 1.82) is 0 Å². The Morgan fingerprint density at radius 2 is 1.22 bits per heavy atom. The lowest BCUT2D eigenvalue weighted by molar-refractivity contribution is 0.478. The fraction of sp³-hybridized carbons (Fsp3) is 0. The van der Waals surface area contributed by atoms with Crippen LogP contribution in [0.25, 0.3) is 32.7 Å². The van der Waals surface area contributed by atoms with Gasteiger partial charge in [0.1, 0.15) is 11.5 Å². The van der Waals surface area contributed by atoms with Crippen molar-refractivity contribution >= 4 is 44.6 Å². The minimum absolute atomic E-state index is 0.259. The molecule has 0 spiro atoms. The summed E-state index contributed by atoms with van der Waals surface area (Å²) in [4.78, 5) is 0. The number of phenolic OH excluding ortho intramolecular Hbond substituents is 1. The average molecular weight is 412 g/mol. The van der Waals surface area contributed by atoms with Crippen LogP contribution in [0.4, 0.5) is 0 Å². The number of aromatic hydroxyl groups is 1. The molecule has 0 aromatic heterocycles. The summed E-state index contributed by atoms with van der Waals surface area (Å²) in [5.74, 6) is 1.01. The lowest BCUT2D eigenvalue weighted by atomic mass is 9.92. The molecule has 1 N–H and O–H groups in total. The molecule has 3 heteroatoms. The van der Waals surface area contributed by atoms with Gasteiger partial charge in [0.2, 0.25) is 0 Å². The van der Waals surface area contributed by atoms with Gasteiger partial charge in [0.25, 0.3) is 0 Å². The molecule has 0 atom stereocenters. The molecule has 2 nitrogen and oxygen atoms in total. The highest BCUT2D eigenvalue weighted by atomic mass is 127. The molecular formula is C20H13IO2. The van der Waals surface area contributed by atoms with E-state index in [2.05, 4.69) is 12.1 Å². The normalized spacial score (nSPS) is 11.0. The van der Waals surface area contributed by atoms with E-state index in [9.17, 15) is 5.11 Å². The number of rotatable bonds is 2. The second-order valence-electron chi connectivity index (χ2n) is 5.42. The lowest BCUT2D eigenvalue weighted by Crippen LogP contribution is -1.89. The minimum Gasteiger partial charge on any atom is -0.507 e. The largest absolute Gasteiger partial charge is 0.507 e. The van der Waals surface area contributed by atoms with Crippen LogP contribution < -0.4 is 3.07 Å². The first-order valence-electron chi connectivity index (χ1n) is 7.31. The molecule has 0 unspecified atom stereocenters.